The molecule has 14 heavy (non-hydrogen) atoms. The fourth-order valence-corrected chi connectivity index (χ4v) is 1.74. The zero-order valence-electron chi connectivity index (χ0n) is 7.93. The lowest BCUT2D eigenvalue weighted by Gasteiger charge is -2.09. The topological polar surface area (TPSA) is 50.9 Å². The van der Waals surface area contributed by atoms with Crippen LogP contribution >= 0.6 is 27.5 Å². The minimum atomic E-state index is 0.202. The third-order valence-electron chi connectivity index (χ3n) is 1.70. The lowest BCUT2D eigenvalue weighted by Crippen LogP contribution is -2.19. The van der Waals surface area contributed by atoms with Crippen LogP contribution in [-0.4, -0.2) is 17.6 Å². The maximum Gasteiger partial charge on any atom is 0.140 e. The highest BCUT2D eigenvalue weighted by atomic mass is 79.9. The van der Waals surface area contributed by atoms with Crippen molar-refractivity contribution in [3.05, 3.63) is 21.8 Å². The van der Waals surface area contributed by atoms with Crippen molar-refractivity contribution >= 4 is 33.3 Å². The highest BCUT2D eigenvalue weighted by molar-refractivity contribution is 9.10. The van der Waals surface area contributed by atoms with Crippen LogP contribution < -0.4 is 11.1 Å². The molecule has 1 aromatic heterocycles. The molecule has 0 aliphatic heterocycles. The lowest BCUT2D eigenvalue weighted by atomic mass is 10.2. The van der Waals surface area contributed by atoms with Crippen molar-refractivity contribution in [1.29, 1.82) is 0 Å². The van der Waals surface area contributed by atoms with Gasteiger partial charge >= 0.3 is 0 Å². The van der Waals surface area contributed by atoms with Crippen molar-refractivity contribution < 1.29 is 0 Å². The van der Waals surface area contributed by atoms with Crippen LogP contribution in [0.2, 0.25) is 5.02 Å². The first-order chi connectivity index (χ1) is 6.59. The summed E-state index contributed by atoms with van der Waals surface area (Å²) in [5.41, 5.74) is 5.63. The molecule has 0 saturated carbocycles. The Kier molecular flexibility index (Phi) is 4.65. The van der Waals surface area contributed by atoms with Gasteiger partial charge in [-0.15, -0.1) is 0 Å². The molecule has 1 rings (SSSR count). The van der Waals surface area contributed by atoms with Crippen molar-refractivity contribution in [2.24, 2.45) is 5.73 Å². The Morgan fingerprint density at radius 2 is 2.43 bits per heavy atom. The van der Waals surface area contributed by atoms with Gasteiger partial charge in [0, 0.05) is 18.8 Å². The van der Waals surface area contributed by atoms with Gasteiger partial charge in [-0.1, -0.05) is 11.6 Å². The number of anilines is 1. The van der Waals surface area contributed by atoms with Gasteiger partial charge < -0.3 is 11.1 Å². The molecule has 0 aliphatic carbocycles. The number of nitrogens with one attached hydrogen (secondary N) is 1. The summed E-state index contributed by atoms with van der Waals surface area (Å²) < 4.78 is 0.870. The third kappa shape index (κ3) is 3.82. The summed E-state index contributed by atoms with van der Waals surface area (Å²) in [6.45, 7) is 2.79. The number of aromatic nitrogens is 1. The molecule has 0 aromatic carbocycles. The van der Waals surface area contributed by atoms with E-state index in [4.69, 9.17) is 17.3 Å². The zero-order valence-corrected chi connectivity index (χ0v) is 10.3. The van der Waals surface area contributed by atoms with Gasteiger partial charge in [0.1, 0.15) is 5.82 Å². The van der Waals surface area contributed by atoms with Crippen LogP contribution in [0.15, 0.2) is 16.7 Å². The Labute approximate surface area is 97.2 Å². The average Bonchev–Trinajstić information content (AvgIpc) is 2.08. The van der Waals surface area contributed by atoms with Crippen LogP contribution in [0.3, 0.4) is 0 Å². The summed E-state index contributed by atoms with van der Waals surface area (Å²) in [6.07, 6.45) is 2.53. The first-order valence-corrected chi connectivity index (χ1v) is 5.57. The predicted molar refractivity (Wildman–Crippen MR) is 63.7 cm³/mol. The summed E-state index contributed by atoms with van der Waals surface area (Å²) in [5, 5.41) is 3.79. The quantitative estimate of drug-likeness (QED) is 0.890. The maximum absolute atomic E-state index is 5.76. The van der Waals surface area contributed by atoms with Crippen molar-refractivity contribution in [1.82, 2.24) is 4.98 Å². The van der Waals surface area contributed by atoms with E-state index in [0.29, 0.717) is 5.02 Å². The molecule has 0 aliphatic rings. The number of hydrogen-bond acceptors (Lipinski definition) is 3. The number of pyridine rings is 1. The van der Waals surface area contributed by atoms with E-state index in [1.165, 1.54) is 0 Å². The maximum atomic E-state index is 5.76. The van der Waals surface area contributed by atoms with Gasteiger partial charge in [0.05, 0.1) is 9.50 Å². The standard InChI is InChI=1S/C9H13BrClN3/c1-6(12)2-3-13-9-8(10)4-7(11)5-14-9/h4-6H,2-3,12H2,1H3,(H,13,14). The molecular weight excluding hydrogens is 265 g/mol. The summed E-state index contributed by atoms with van der Waals surface area (Å²) in [4.78, 5) is 4.14. The minimum absolute atomic E-state index is 0.202. The van der Waals surface area contributed by atoms with Gasteiger partial charge in [-0.05, 0) is 35.3 Å². The Morgan fingerprint density at radius 1 is 1.71 bits per heavy atom. The van der Waals surface area contributed by atoms with E-state index < -0.39 is 0 Å². The van der Waals surface area contributed by atoms with Gasteiger partial charge in [-0.3, -0.25) is 0 Å². The van der Waals surface area contributed by atoms with Crippen molar-refractivity contribution in [3.8, 4) is 0 Å². The van der Waals surface area contributed by atoms with E-state index in [1.54, 1.807) is 6.20 Å². The Balaban J connectivity index is 2.51. The monoisotopic (exact) mass is 277 g/mol. The fourth-order valence-electron chi connectivity index (χ4n) is 0.963. The van der Waals surface area contributed by atoms with E-state index in [-0.39, 0.29) is 6.04 Å². The summed E-state index contributed by atoms with van der Waals surface area (Å²) >= 11 is 9.13. The average molecular weight is 279 g/mol. The summed E-state index contributed by atoms with van der Waals surface area (Å²) in [6, 6.07) is 2.01. The Hall–Kier alpha value is -0.320. The van der Waals surface area contributed by atoms with Crippen LogP contribution in [-0.2, 0) is 0 Å². The van der Waals surface area contributed by atoms with E-state index in [2.05, 4.69) is 26.2 Å². The normalized spacial score (nSPS) is 12.6. The van der Waals surface area contributed by atoms with Crippen LogP contribution in [0.25, 0.3) is 0 Å². The molecule has 0 radical (unpaired) electrons. The van der Waals surface area contributed by atoms with Crippen molar-refractivity contribution in [2.75, 3.05) is 11.9 Å². The number of rotatable bonds is 4. The fraction of sp³-hybridized carbons (Fsp3) is 0.444. The smallest absolute Gasteiger partial charge is 0.140 e. The predicted octanol–water partition coefficient (Wildman–Crippen LogP) is 2.65. The number of nitrogens with two attached hydrogens (primary N) is 1. The van der Waals surface area contributed by atoms with Crippen molar-refractivity contribution in [2.45, 2.75) is 19.4 Å². The largest absolute Gasteiger partial charge is 0.369 e. The molecule has 1 atom stereocenters. The van der Waals surface area contributed by atoms with Gasteiger partial charge in [-0.25, -0.2) is 4.98 Å². The molecule has 78 valence electrons. The molecule has 1 aromatic rings. The van der Waals surface area contributed by atoms with E-state index in [9.17, 15) is 0 Å². The molecule has 0 saturated heterocycles. The molecule has 3 nitrogen and oxygen atoms in total. The molecule has 1 heterocycles. The summed E-state index contributed by atoms with van der Waals surface area (Å²) in [7, 11) is 0. The summed E-state index contributed by atoms with van der Waals surface area (Å²) in [5.74, 6) is 0.801. The molecule has 3 N–H and O–H groups in total. The van der Waals surface area contributed by atoms with Crippen LogP contribution in [0.1, 0.15) is 13.3 Å². The van der Waals surface area contributed by atoms with Gasteiger partial charge in [0.2, 0.25) is 0 Å². The van der Waals surface area contributed by atoms with Gasteiger partial charge in [0.25, 0.3) is 0 Å². The molecule has 0 amide bonds. The first kappa shape index (κ1) is 11.8. The Bertz CT molecular complexity index is 304. The number of halogens is 2. The van der Waals surface area contributed by atoms with E-state index >= 15 is 0 Å². The first-order valence-electron chi connectivity index (χ1n) is 4.40. The third-order valence-corrected chi connectivity index (χ3v) is 2.51. The van der Waals surface area contributed by atoms with Crippen LogP contribution in [0.4, 0.5) is 5.82 Å². The second-order valence-corrected chi connectivity index (χ2v) is 4.47. The number of hydrogen-bond donors (Lipinski definition) is 2. The molecule has 0 spiro atoms. The van der Waals surface area contributed by atoms with E-state index in [0.717, 1.165) is 23.3 Å². The lowest BCUT2D eigenvalue weighted by molar-refractivity contribution is 0.689. The minimum Gasteiger partial charge on any atom is -0.369 e. The molecule has 0 fully saturated rings. The molecule has 5 heteroatoms. The highest BCUT2D eigenvalue weighted by Gasteiger charge is 2.01. The molecular formula is C9H13BrClN3. The van der Waals surface area contributed by atoms with Gasteiger partial charge in [-0.2, -0.15) is 0 Å². The number of nitrogens with zero attached hydrogens (tertiary/aromatic N) is 1. The zero-order chi connectivity index (χ0) is 10.6. The van der Waals surface area contributed by atoms with E-state index in [1.807, 2.05) is 13.0 Å². The molecule has 0 bridgehead atoms. The second kappa shape index (κ2) is 5.53. The highest BCUT2D eigenvalue weighted by Crippen LogP contribution is 2.22. The van der Waals surface area contributed by atoms with Gasteiger partial charge in [0.15, 0.2) is 0 Å². The van der Waals surface area contributed by atoms with Crippen molar-refractivity contribution in [3.63, 3.8) is 0 Å². The SMILES string of the molecule is CC(N)CCNc1ncc(Cl)cc1Br. The molecule has 1 unspecified atom stereocenters. The Morgan fingerprint density at radius 3 is 3.00 bits per heavy atom. The second-order valence-electron chi connectivity index (χ2n) is 3.18. The van der Waals surface area contributed by atoms with Crippen LogP contribution in [0.5, 0.6) is 0 Å². The van der Waals surface area contributed by atoms with Crippen LogP contribution in [0, 0.1) is 0 Å².